The Labute approximate surface area is 162 Å². The van der Waals surface area contributed by atoms with Gasteiger partial charge in [-0.05, 0) is 25.1 Å². The van der Waals surface area contributed by atoms with Crippen molar-refractivity contribution >= 4 is 22.6 Å². The smallest absolute Gasteiger partial charge is 0.294 e. The largest absolute Gasteiger partial charge is 0.350 e. The van der Waals surface area contributed by atoms with Crippen LogP contribution < -0.4 is 5.32 Å². The highest BCUT2D eigenvalue weighted by Gasteiger charge is 2.18. The average Bonchev–Trinajstić information content (AvgIpc) is 3.32. The van der Waals surface area contributed by atoms with Crippen molar-refractivity contribution in [2.24, 2.45) is 14.1 Å². The van der Waals surface area contributed by atoms with Crippen molar-refractivity contribution in [3.8, 4) is 11.3 Å². The molecule has 0 saturated carbocycles. The van der Waals surface area contributed by atoms with Gasteiger partial charge in [0.15, 0.2) is 0 Å². The Morgan fingerprint density at radius 2 is 2.00 bits per heavy atom. The van der Waals surface area contributed by atoms with Gasteiger partial charge in [-0.25, -0.2) is 4.98 Å². The van der Waals surface area contributed by atoms with Crippen LogP contribution in [0.15, 0.2) is 35.0 Å². The van der Waals surface area contributed by atoms with E-state index in [0.29, 0.717) is 17.3 Å². The zero-order chi connectivity index (χ0) is 20.0. The minimum absolute atomic E-state index is 0.141. The highest BCUT2D eigenvalue weighted by atomic mass is 16.5. The molecule has 1 aromatic carbocycles. The lowest BCUT2D eigenvalue weighted by atomic mass is 10.2. The Kier molecular flexibility index (Phi) is 4.26. The molecule has 144 valence electrons. The van der Waals surface area contributed by atoms with Crippen molar-refractivity contribution in [1.29, 1.82) is 0 Å². The van der Waals surface area contributed by atoms with Crippen molar-refractivity contribution in [3.63, 3.8) is 0 Å². The number of carbonyl (C=O) groups excluding carboxylic acids is 1. The van der Waals surface area contributed by atoms with Crippen molar-refractivity contribution in [3.05, 3.63) is 47.7 Å². The molecule has 0 aliphatic rings. The van der Waals surface area contributed by atoms with Gasteiger partial charge in [-0.15, -0.1) is 0 Å². The van der Waals surface area contributed by atoms with Crippen LogP contribution in [0.1, 0.15) is 41.8 Å². The first kappa shape index (κ1) is 18.0. The molecule has 3 aromatic heterocycles. The number of nitrogens with zero attached hydrogens (tertiary/aromatic N) is 5. The minimum Gasteiger partial charge on any atom is -0.350 e. The first-order valence-corrected chi connectivity index (χ1v) is 9.08. The highest BCUT2D eigenvalue weighted by Crippen LogP contribution is 2.25. The molecule has 4 rings (SSSR count). The van der Waals surface area contributed by atoms with Gasteiger partial charge in [0.1, 0.15) is 11.5 Å². The predicted octanol–water partition coefficient (Wildman–Crippen LogP) is 3.65. The van der Waals surface area contributed by atoms with Crippen LogP contribution in [0.3, 0.4) is 0 Å². The fourth-order valence-corrected chi connectivity index (χ4v) is 3.37. The number of hydrogen-bond donors (Lipinski definition) is 1. The lowest BCUT2D eigenvalue weighted by Gasteiger charge is -2.05. The van der Waals surface area contributed by atoms with E-state index in [9.17, 15) is 4.79 Å². The minimum atomic E-state index is -0.361. The summed E-state index contributed by atoms with van der Waals surface area (Å²) in [5, 5.41) is 11.1. The van der Waals surface area contributed by atoms with Gasteiger partial charge in [0.2, 0.25) is 5.76 Å². The molecule has 8 heteroatoms. The molecule has 0 aliphatic heterocycles. The highest BCUT2D eigenvalue weighted by molar-refractivity contribution is 6.03. The molecule has 0 radical (unpaired) electrons. The topological polar surface area (TPSA) is 90.8 Å². The summed E-state index contributed by atoms with van der Waals surface area (Å²) in [4.78, 5) is 17.2. The van der Waals surface area contributed by atoms with Crippen LogP contribution in [-0.4, -0.2) is 30.4 Å². The summed E-state index contributed by atoms with van der Waals surface area (Å²) in [6, 6.07) is 7.29. The molecule has 1 N–H and O–H groups in total. The summed E-state index contributed by atoms with van der Waals surface area (Å²) in [7, 11) is 3.84. The van der Waals surface area contributed by atoms with Crippen LogP contribution in [0.4, 0.5) is 5.69 Å². The van der Waals surface area contributed by atoms with Gasteiger partial charge >= 0.3 is 0 Å². The van der Waals surface area contributed by atoms with E-state index >= 15 is 0 Å². The summed E-state index contributed by atoms with van der Waals surface area (Å²) in [5.74, 6) is 1.10. The number of benzene rings is 1. The molecule has 8 nitrogen and oxygen atoms in total. The monoisotopic (exact) mass is 378 g/mol. The van der Waals surface area contributed by atoms with Gasteiger partial charge < -0.3 is 14.4 Å². The van der Waals surface area contributed by atoms with Crippen LogP contribution in [0, 0.1) is 6.92 Å². The molecule has 0 aliphatic carbocycles. The zero-order valence-electron chi connectivity index (χ0n) is 16.5. The molecule has 0 bridgehead atoms. The van der Waals surface area contributed by atoms with Crippen LogP contribution >= 0.6 is 0 Å². The fourth-order valence-electron chi connectivity index (χ4n) is 3.37. The van der Waals surface area contributed by atoms with E-state index in [1.165, 1.54) is 0 Å². The van der Waals surface area contributed by atoms with E-state index < -0.39 is 0 Å². The third-order valence-electron chi connectivity index (χ3n) is 4.71. The number of aromatic nitrogens is 5. The number of hydrogen-bond acceptors (Lipinski definition) is 5. The van der Waals surface area contributed by atoms with Gasteiger partial charge in [0, 0.05) is 43.5 Å². The Morgan fingerprint density at radius 1 is 1.21 bits per heavy atom. The Bertz CT molecular complexity index is 1180. The van der Waals surface area contributed by atoms with Crippen molar-refractivity contribution < 1.29 is 9.32 Å². The van der Waals surface area contributed by atoms with Crippen LogP contribution in [0.5, 0.6) is 0 Å². The van der Waals surface area contributed by atoms with Gasteiger partial charge in [-0.1, -0.05) is 19.0 Å². The average molecular weight is 378 g/mol. The fraction of sp³-hybridized carbons (Fsp3) is 0.300. The second-order valence-corrected chi connectivity index (χ2v) is 7.22. The summed E-state index contributed by atoms with van der Waals surface area (Å²) in [6.45, 7) is 6.10. The normalized spacial score (nSPS) is 11.5. The molecule has 1 amide bonds. The van der Waals surface area contributed by atoms with Gasteiger partial charge in [-0.2, -0.15) is 5.10 Å². The van der Waals surface area contributed by atoms with E-state index in [-0.39, 0.29) is 11.7 Å². The van der Waals surface area contributed by atoms with Gasteiger partial charge in [0.25, 0.3) is 5.91 Å². The number of amides is 1. The maximum absolute atomic E-state index is 12.6. The SMILES string of the molecule is Cc1nn(C)cc1-c1cc(C(=O)Nc2ccc3c(c2)nc(C(C)C)n3C)on1. The second-order valence-electron chi connectivity index (χ2n) is 7.22. The van der Waals surface area contributed by atoms with E-state index in [1.54, 1.807) is 10.7 Å². The molecule has 0 atom stereocenters. The first-order chi connectivity index (χ1) is 13.3. The standard InChI is InChI=1S/C20H22N6O2/c1-11(2)19-22-16-8-13(6-7-17(16)26(19)5)21-20(27)18-9-15(24-28-18)14-10-25(4)23-12(14)3/h6-11H,1-5H3,(H,21,27). The molecule has 3 heterocycles. The summed E-state index contributed by atoms with van der Waals surface area (Å²) < 4.78 is 9.02. The number of imidazole rings is 1. The number of anilines is 1. The van der Waals surface area contributed by atoms with Crippen molar-refractivity contribution in [2.75, 3.05) is 5.32 Å². The van der Waals surface area contributed by atoms with Crippen LogP contribution in [0.2, 0.25) is 0 Å². The van der Waals surface area contributed by atoms with E-state index in [4.69, 9.17) is 4.52 Å². The quantitative estimate of drug-likeness (QED) is 0.585. The molecule has 0 spiro atoms. The van der Waals surface area contributed by atoms with Gasteiger partial charge in [0.05, 0.1) is 16.7 Å². The van der Waals surface area contributed by atoms with Crippen molar-refractivity contribution in [1.82, 2.24) is 24.5 Å². The summed E-state index contributed by atoms with van der Waals surface area (Å²) >= 11 is 0. The third kappa shape index (κ3) is 3.06. The number of carbonyl (C=O) groups is 1. The number of fused-ring (bicyclic) bond motifs is 1. The first-order valence-electron chi connectivity index (χ1n) is 9.08. The summed E-state index contributed by atoms with van der Waals surface area (Å²) in [5.41, 5.74) is 4.76. The van der Waals surface area contributed by atoms with Crippen LogP contribution in [-0.2, 0) is 14.1 Å². The van der Waals surface area contributed by atoms with E-state index in [1.807, 2.05) is 45.4 Å². The molecule has 0 unspecified atom stereocenters. The molecular weight excluding hydrogens is 356 g/mol. The van der Waals surface area contributed by atoms with E-state index in [0.717, 1.165) is 28.1 Å². The number of aryl methyl sites for hydroxylation is 3. The third-order valence-corrected chi connectivity index (χ3v) is 4.71. The predicted molar refractivity (Wildman–Crippen MR) is 106 cm³/mol. The molecule has 28 heavy (non-hydrogen) atoms. The van der Waals surface area contributed by atoms with Gasteiger partial charge in [-0.3, -0.25) is 9.48 Å². The summed E-state index contributed by atoms with van der Waals surface area (Å²) in [6.07, 6.45) is 1.84. The lowest BCUT2D eigenvalue weighted by Crippen LogP contribution is -2.10. The number of nitrogens with one attached hydrogen (secondary N) is 1. The molecule has 0 fully saturated rings. The zero-order valence-corrected chi connectivity index (χ0v) is 16.5. The maximum atomic E-state index is 12.6. The lowest BCUT2D eigenvalue weighted by molar-refractivity contribution is 0.0988. The molecule has 0 saturated heterocycles. The Balaban J connectivity index is 1.58. The maximum Gasteiger partial charge on any atom is 0.294 e. The van der Waals surface area contributed by atoms with Crippen molar-refractivity contribution in [2.45, 2.75) is 26.7 Å². The number of rotatable bonds is 4. The second kappa shape index (κ2) is 6.63. The Morgan fingerprint density at radius 3 is 2.68 bits per heavy atom. The molecule has 4 aromatic rings. The van der Waals surface area contributed by atoms with Crippen LogP contribution in [0.25, 0.3) is 22.3 Å². The Hall–Kier alpha value is -3.42. The van der Waals surface area contributed by atoms with E-state index in [2.05, 4.69) is 39.0 Å². The molecular formula is C20H22N6O2.